The summed E-state index contributed by atoms with van der Waals surface area (Å²) in [5.74, 6) is -3.55. The molecule has 11 heteroatoms. The molecule has 0 spiro atoms. The van der Waals surface area contributed by atoms with Crippen molar-refractivity contribution in [2.45, 2.75) is 38.9 Å². The van der Waals surface area contributed by atoms with Gasteiger partial charge in [-0.15, -0.1) is 0 Å². The average Bonchev–Trinajstić information content (AvgIpc) is 2.87. The van der Waals surface area contributed by atoms with E-state index in [-0.39, 0.29) is 24.7 Å². The molecule has 39 heavy (non-hydrogen) atoms. The van der Waals surface area contributed by atoms with Crippen molar-refractivity contribution in [2.24, 2.45) is 0 Å². The maximum Gasteiger partial charge on any atom is 0.244 e. The lowest BCUT2D eigenvalue weighted by Gasteiger charge is -2.34. The standard InChI is InChI=1S/C28H30ClF2N3O4S/c1-19(2)32-28(36)26(15-20-7-5-4-6-8-20)33(17-21-9-11-22(29)12-10-21)27(35)18-34(39(3,37)38)23-13-14-24(30)25(31)16-23/h4-14,16,19,26H,15,17-18H2,1-3H3,(H,32,36). The second-order valence-electron chi connectivity index (χ2n) is 9.38. The van der Waals surface area contributed by atoms with E-state index in [2.05, 4.69) is 5.32 Å². The zero-order chi connectivity index (χ0) is 28.7. The van der Waals surface area contributed by atoms with Crippen LogP contribution in [0.1, 0.15) is 25.0 Å². The number of hydrogen-bond donors (Lipinski definition) is 1. The monoisotopic (exact) mass is 577 g/mol. The molecule has 1 N–H and O–H groups in total. The highest BCUT2D eigenvalue weighted by Gasteiger charge is 2.33. The number of anilines is 1. The molecule has 0 aliphatic carbocycles. The molecule has 2 amide bonds. The summed E-state index contributed by atoms with van der Waals surface area (Å²) in [7, 11) is -4.10. The lowest BCUT2D eigenvalue weighted by molar-refractivity contribution is -0.140. The molecule has 0 fully saturated rings. The van der Waals surface area contributed by atoms with Gasteiger partial charge < -0.3 is 10.2 Å². The van der Waals surface area contributed by atoms with Gasteiger partial charge in [0.1, 0.15) is 12.6 Å². The van der Waals surface area contributed by atoms with Gasteiger partial charge in [-0.05, 0) is 49.2 Å². The Labute approximate surface area is 232 Å². The van der Waals surface area contributed by atoms with E-state index in [1.54, 1.807) is 38.1 Å². The van der Waals surface area contributed by atoms with Crippen LogP contribution in [0.2, 0.25) is 5.02 Å². The summed E-state index contributed by atoms with van der Waals surface area (Å²) in [6.45, 7) is 2.81. The van der Waals surface area contributed by atoms with Crippen molar-refractivity contribution in [3.8, 4) is 0 Å². The van der Waals surface area contributed by atoms with Gasteiger partial charge in [-0.1, -0.05) is 54.1 Å². The van der Waals surface area contributed by atoms with Crippen molar-refractivity contribution in [1.82, 2.24) is 10.2 Å². The zero-order valence-corrected chi connectivity index (χ0v) is 23.3. The number of halogens is 3. The van der Waals surface area contributed by atoms with Gasteiger partial charge in [0.2, 0.25) is 21.8 Å². The van der Waals surface area contributed by atoms with Crippen LogP contribution >= 0.6 is 11.6 Å². The van der Waals surface area contributed by atoms with Crippen LogP contribution in [0.25, 0.3) is 0 Å². The quantitative estimate of drug-likeness (QED) is 0.362. The first-order valence-corrected chi connectivity index (χ1v) is 14.4. The number of carbonyl (C=O) groups excluding carboxylic acids is 2. The van der Waals surface area contributed by atoms with E-state index >= 15 is 0 Å². The summed E-state index contributed by atoms with van der Waals surface area (Å²) < 4.78 is 53.6. The molecule has 0 heterocycles. The predicted molar refractivity (Wildman–Crippen MR) is 148 cm³/mol. The van der Waals surface area contributed by atoms with Crippen LogP contribution in [0.4, 0.5) is 14.5 Å². The Kier molecular flexibility index (Phi) is 10.0. The molecular weight excluding hydrogens is 548 g/mol. The Morgan fingerprint density at radius 2 is 1.56 bits per heavy atom. The number of nitrogens with zero attached hydrogens (tertiary/aromatic N) is 2. The number of hydrogen-bond acceptors (Lipinski definition) is 4. The molecule has 208 valence electrons. The van der Waals surface area contributed by atoms with Crippen molar-refractivity contribution in [3.05, 3.63) is 101 Å². The fraction of sp³-hybridized carbons (Fsp3) is 0.286. The number of sulfonamides is 1. The minimum absolute atomic E-state index is 0.0333. The molecule has 0 saturated carbocycles. The van der Waals surface area contributed by atoms with Gasteiger partial charge in [0, 0.05) is 30.1 Å². The van der Waals surface area contributed by atoms with Crippen molar-refractivity contribution < 1.29 is 26.8 Å². The minimum atomic E-state index is -4.10. The van der Waals surface area contributed by atoms with E-state index in [1.165, 1.54) is 4.90 Å². The molecule has 3 aromatic rings. The first-order chi connectivity index (χ1) is 18.3. The van der Waals surface area contributed by atoms with E-state index in [0.29, 0.717) is 21.0 Å². The van der Waals surface area contributed by atoms with Crippen molar-refractivity contribution in [3.63, 3.8) is 0 Å². The average molecular weight is 578 g/mol. The normalized spacial score (nSPS) is 12.2. The highest BCUT2D eigenvalue weighted by molar-refractivity contribution is 7.92. The largest absolute Gasteiger partial charge is 0.352 e. The molecule has 3 rings (SSSR count). The van der Waals surface area contributed by atoms with Crippen LogP contribution in [0.3, 0.4) is 0 Å². The molecule has 3 aromatic carbocycles. The Morgan fingerprint density at radius 1 is 0.923 bits per heavy atom. The number of amides is 2. The van der Waals surface area contributed by atoms with E-state index < -0.39 is 46.1 Å². The molecule has 0 radical (unpaired) electrons. The molecule has 1 unspecified atom stereocenters. The second kappa shape index (κ2) is 13.0. The maximum absolute atomic E-state index is 14.0. The zero-order valence-electron chi connectivity index (χ0n) is 21.8. The van der Waals surface area contributed by atoms with Crippen LogP contribution in [0.15, 0.2) is 72.8 Å². The second-order valence-corrected chi connectivity index (χ2v) is 11.7. The number of nitrogens with one attached hydrogen (secondary N) is 1. The third-order valence-electron chi connectivity index (χ3n) is 5.84. The van der Waals surface area contributed by atoms with Crippen LogP contribution in [0.5, 0.6) is 0 Å². The molecular formula is C28H30ClF2N3O4S. The third kappa shape index (κ3) is 8.49. The fourth-order valence-electron chi connectivity index (χ4n) is 3.98. The lowest BCUT2D eigenvalue weighted by Crippen LogP contribution is -2.54. The van der Waals surface area contributed by atoms with Crippen LogP contribution in [0, 0.1) is 11.6 Å². The summed E-state index contributed by atoms with van der Waals surface area (Å²) in [6, 6.07) is 17.1. The van der Waals surface area contributed by atoms with Gasteiger partial charge in [0.05, 0.1) is 11.9 Å². The van der Waals surface area contributed by atoms with Crippen molar-refractivity contribution in [1.29, 1.82) is 0 Å². The smallest absolute Gasteiger partial charge is 0.244 e. The molecule has 7 nitrogen and oxygen atoms in total. The van der Waals surface area contributed by atoms with Crippen LogP contribution < -0.4 is 9.62 Å². The van der Waals surface area contributed by atoms with Crippen molar-refractivity contribution in [2.75, 3.05) is 17.1 Å². The Bertz CT molecular complexity index is 1400. The maximum atomic E-state index is 14.0. The number of benzene rings is 3. The minimum Gasteiger partial charge on any atom is -0.352 e. The molecule has 0 aliphatic rings. The van der Waals surface area contributed by atoms with Gasteiger partial charge in [0.25, 0.3) is 0 Å². The first-order valence-electron chi connectivity index (χ1n) is 12.2. The van der Waals surface area contributed by atoms with E-state index in [9.17, 15) is 26.8 Å². The molecule has 0 bridgehead atoms. The predicted octanol–water partition coefficient (Wildman–Crippen LogP) is 4.55. The Hall–Kier alpha value is -3.50. The summed E-state index contributed by atoms with van der Waals surface area (Å²) in [4.78, 5) is 28.6. The van der Waals surface area contributed by atoms with Gasteiger partial charge in [0.15, 0.2) is 11.6 Å². The summed E-state index contributed by atoms with van der Waals surface area (Å²) >= 11 is 6.02. The molecule has 0 saturated heterocycles. The van der Waals surface area contributed by atoms with Crippen LogP contribution in [-0.2, 0) is 32.6 Å². The van der Waals surface area contributed by atoms with Crippen LogP contribution in [-0.4, -0.2) is 50.0 Å². The highest BCUT2D eigenvalue weighted by atomic mass is 35.5. The first kappa shape index (κ1) is 30.0. The summed E-state index contributed by atoms with van der Waals surface area (Å²) in [5, 5.41) is 3.33. The van der Waals surface area contributed by atoms with E-state index in [0.717, 1.165) is 24.0 Å². The molecule has 1 atom stereocenters. The van der Waals surface area contributed by atoms with Gasteiger partial charge in [-0.25, -0.2) is 17.2 Å². The van der Waals surface area contributed by atoms with E-state index in [4.69, 9.17) is 11.6 Å². The third-order valence-corrected chi connectivity index (χ3v) is 7.23. The van der Waals surface area contributed by atoms with Gasteiger partial charge in [-0.2, -0.15) is 0 Å². The van der Waals surface area contributed by atoms with E-state index in [1.807, 2.05) is 30.3 Å². The highest BCUT2D eigenvalue weighted by Crippen LogP contribution is 2.23. The topological polar surface area (TPSA) is 86.8 Å². The molecule has 0 aliphatic heterocycles. The van der Waals surface area contributed by atoms with Gasteiger partial charge in [-0.3, -0.25) is 13.9 Å². The fourth-order valence-corrected chi connectivity index (χ4v) is 4.94. The van der Waals surface area contributed by atoms with Gasteiger partial charge >= 0.3 is 0 Å². The number of carbonyl (C=O) groups is 2. The summed E-state index contributed by atoms with van der Waals surface area (Å²) in [6.07, 6.45) is 1.01. The number of rotatable bonds is 11. The molecule has 0 aromatic heterocycles. The summed E-state index contributed by atoms with van der Waals surface area (Å²) in [5.41, 5.74) is 1.22. The van der Waals surface area contributed by atoms with Crippen molar-refractivity contribution >= 4 is 39.1 Å². The Morgan fingerprint density at radius 3 is 2.13 bits per heavy atom. The lowest BCUT2D eigenvalue weighted by atomic mass is 10.0. The Balaban J connectivity index is 2.06. The SMILES string of the molecule is CC(C)NC(=O)C(Cc1ccccc1)N(Cc1ccc(Cl)cc1)C(=O)CN(c1ccc(F)c(F)c1)S(C)(=O)=O.